The molecule has 252 valence electrons. The van der Waals surface area contributed by atoms with E-state index < -0.39 is 37.6 Å². The highest BCUT2D eigenvalue weighted by atomic mass is 28.4. The van der Waals surface area contributed by atoms with Crippen LogP contribution in [0.15, 0.2) is 72.8 Å². The molecule has 7 rings (SSSR count). The summed E-state index contributed by atoms with van der Waals surface area (Å²) < 4.78 is 23.4. The number of hydrogen-bond donors (Lipinski definition) is 3. The number of aliphatic hydroxyl groups excluding tert-OH is 1. The molecule has 2 fully saturated rings. The predicted octanol–water partition coefficient (Wildman–Crippen LogP) is 5.17. The lowest BCUT2D eigenvalue weighted by Gasteiger charge is -2.37. The number of carbonyl (C=O) groups excluding carboxylic acids is 3. The van der Waals surface area contributed by atoms with Crippen LogP contribution in [0.25, 0.3) is 0 Å². The minimum Gasteiger partial charge on any atom is -0.394 e. The molecule has 9 nitrogen and oxygen atoms in total. The lowest BCUT2D eigenvalue weighted by molar-refractivity contribution is -0.150. The summed E-state index contributed by atoms with van der Waals surface area (Å²) in [5, 5.41) is 16.5. The lowest BCUT2D eigenvalue weighted by Crippen LogP contribution is -2.48. The first-order valence-corrected chi connectivity index (χ1v) is 19.9. The Bertz CT molecular complexity index is 1730. The van der Waals surface area contributed by atoms with Crippen LogP contribution in [0.1, 0.15) is 42.9 Å². The molecular formula is C37H43FN4O5Si. The van der Waals surface area contributed by atoms with Gasteiger partial charge in [-0.1, -0.05) is 49.4 Å². The van der Waals surface area contributed by atoms with Crippen LogP contribution in [-0.4, -0.2) is 67.5 Å². The molecule has 3 aromatic carbocycles. The summed E-state index contributed by atoms with van der Waals surface area (Å²) in [6.45, 7) is 6.02. The van der Waals surface area contributed by atoms with Crippen molar-refractivity contribution in [1.82, 2.24) is 10.2 Å². The van der Waals surface area contributed by atoms with Gasteiger partial charge < -0.3 is 29.5 Å². The van der Waals surface area contributed by atoms with Gasteiger partial charge in [-0.05, 0) is 80.4 Å². The molecule has 11 heteroatoms. The van der Waals surface area contributed by atoms with Gasteiger partial charge in [0.1, 0.15) is 0 Å². The number of nitrogens with zero attached hydrogens (tertiary/aromatic N) is 2. The minimum absolute atomic E-state index is 0.118. The number of rotatable bonds is 7. The molecule has 4 aliphatic rings. The molecule has 4 heterocycles. The number of halogens is 1. The monoisotopic (exact) mass is 670 g/mol. The second-order valence-corrected chi connectivity index (χ2v) is 17.9. The summed E-state index contributed by atoms with van der Waals surface area (Å²) in [5.41, 5.74) is 2.19. The molecule has 3 amide bonds. The van der Waals surface area contributed by atoms with Crippen molar-refractivity contribution < 1.29 is 28.3 Å². The van der Waals surface area contributed by atoms with E-state index in [1.807, 2.05) is 67.6 Å². The number of amides is 3. The van der Waals surface area contributed by atoms with E-state index in [4.69, 9.17) is 4.74 Å². The van der Waals surface area contributed by atoms with Gasteiger partial charge in [0, 0.05) is 34.9 Å². The Kier molecular flexibility index (Phi) is 8.51. The number of ether oxygens (including phenoxy) is 1. The maximum absolute atomic E-state index is 16.5. The van der Waals surface area contributed by atoms with Crippen molar-refractivity contribution in [1.29, 1.82) is 0 Å². The Balaban J connectivity index is 1.26. The average Bonchev–Trinajstić information content (AvgIpc) is 3.77. The smallest absolute Gasteiger partial charge is 0.268 e. The Labute approximate surface area is 281 Å². The van der Waals surface area contributed by atoms with Crippen LogP contribution in [0.3, 0.4) is 0 Å². The molecule has 0 bridgehead atoms. The normalized spacial score (nSPS) is 28.1. The number of aliphatic hydroxyl groups is 1. The van der Waals surface area contributed by atoms with Gasteiger partial charge in [-0.25, -0.2) is 0 Å². The van der Waals surface area contributed by atoms with Crippen molar-refractivity contribution in [3.8, 4) is 0 Å². The molecule has 3 aromatic rings. The summed E-state index contributed by atoms with van der Waals surface area (Å²) >= 11 is 0. The number of fused-ring (bicyclic) bond motifs is 3. The summed E-state index contributed by atoms with van der Waals surface area (Å²) in [7, 11) is -3.55. The molecular weight excluding hydrogens is 628 g/mol. The fourth-order valence-corrected chi connectivity index (χ4v) is 11.0. The largest absolute Gasteiger partial charge is 0.394 e. The van der Waals surface area contributed by atoms with E-state index in [1.165, 1.54) is 0 Å². The zero-order valence-electron chi connectivity index (χ0n) is 27.6. The van der Waals surface area contributed by atoms with Crippen molar-refractivity contribution in [2.24, 2.45) is 5.92 Å². The van der Waals surface area contributed by atoms with Crippen LogP contribution < -0.4 is 15.5 Å². The molecule has 4 aliphatic heterocycles. The summed E-state index contributed by atoms with van der Waals surface area (Å²) in [4.78, 5) is 45.3. The van der Waals surface area contributed by atoms with Gasteiger partial charge >= 0.3 is 0 Å². The standard InChI is InChI=1S/C37H43FN4O5Si/c1-23-34(48(2,3)38)32(20-33(44)41-21-25-11-8-7-10-24(25)18-28(41)22-43)47-37(23)29-19-26(40-35(45)30-14-9-17-39-30)15-16-31(29)42(36(37)46)27-12-5-4-6-13-27/h4-8,10-13,15-16,19,23,28,30,32,34,39,43H,9,14,17-18,20-22H2,1-3H3,(H,40,45)/t23-,28-,30+,32+,34-,37+/m0/s1. The number of hydrogen-bond acceptors (Lipinski definition) is 6. The lowest BCUT2D eigenvalue weighted by atomic mass is 9.82. The van der Waals surface area contributed by atoms with E-state index in [0.29, 0.717) is 35.6 Å². The van der Waals surface area contributed by atoms with E-state index in [1.54, 1.807) is 35.0 Å². The van der Waals surface area contributed by atoms with Crippen molar-refractivity contribution >= 4 is 43.2 Å². The first kappa shape index (κ1) is 32.6. The predicted molar refractivity (Wildman–Crippen MR) is 184 cm³/mol. The Morgan fingerprint density at radius 3 is 2.50 bits per heavy atom. The summed E-state index contributed by atoms with van der Waals surface area (Å²) in [5.74, 6) is -1.33. The highest BCUT2D eigenvalue weighted by molar-refractivity contribution is 6.72. The van der Waals surface area contributed by atoms with Gasteiger partial charge in [-0.2, -0.15) is 0 Å². The third-order valence-electron chi connectivity index (χ3n) is 10.8. The van der Waals surface area contributed by atoms with Gasteiger partial charge in [0.15, 0.2) is 5.60 Å². The van der Waals surface area contributed by atoms with Crippen LogP contribution in [0.4, 0.5) is 21.2 Å². The number of nitrogens with one attached hydrogen (secondary N) is 2. The Morgan fingerprint density at radius 1 is 1.08 bits per heavy atom. The fraction of sp³-hybridized carbons (Fsp3) is 0.432. The first-order chi connectivity index (χ1) is 23.0. The van der Waals surface area contributed by atoms with Gasteiger partial charge in [0.25, 0.3) is 5.91 Å². The number of para-hydroxylation sites is 1. The zero-order chi connectivity index (χ0) is 33.8. The summed E-state index contributed by atoms with van der Waals surface area (Å²) in [6.07, 6.45) is 1.20. The van der Waals surface area contributed by atoms with Crippen LogP contribution in [0.5, 0.6) is 0 Å². The highest BCUT2D eigenvalue weighted by Crippen LogP contribution is 2.61. The van der Waals surface area contributed by atoms with E-state index in [2.05, 4.69) is 10.6 Å². The third-order valence-corrected chi connectivity index (χ3v) is 13.2. The van der Waals surface area contributed by atoms with Gasteiger partial charge in [-0.15, -0.1) is 0 Å². The highest BCUT2D eigenvalue weighted by Gasteiger charge is 2.67. The van der Waals surface area contributed by atoms with Gasteiger partial charge in [0.05, 0.1) is 36.9 Å². The molecule has 1 spiro atoms. The number of carbonyl (C=O) groups is 3. The van der Waals surface area contributed by atoms with Crippen molar-refractivity contribution in [2.45, 2.75) is 81.6 Å². The second kappa shape index (κ2) is 12.5. The van der Waals surface area contributed by atoms with Crippen LogP contribution >= 0.6 is 0 Å². The second-order valence-electron chi connectivity index (χ2n) is 14.2. The molecule has 0 aliphatic carbocycles. The van der Waals surface area contributed by atoms with Crippen molar-refractivity contribution in [3.05, 3.63) is 89.5 Å². The number of anilines is 3. The van der Waals surface area contributed by atoms with E-state index in [-0.39, 0.29) is 36.8 Å². The van der Waals surface area contributed by atoms with Crippen LogP contribution in [0, 0.1) is 5.92 Å². The van der Waals surface area contributed by atoms with Crippen molar-refractivity contribution in [3.63, 3.8) is 0 Å². The summed E-state index contributed by atoms with van der Waals surface area (Å²) in [6, 6.07) is 21.8. The van der Waals surface area contributed by atoms with E-state index in [9.17, 15) is 19.5 Å². The van der Waals surface area contributed by atoms with Crippen LogP contribution in [-0.2, 0) is 37.7 Å². The first-order valence-electron chi connectivity index (χ1n) is 16.9. The zero-order valence-corrected chi connectivity index (χ0v) is 28.6. The quantitative estimate of drug-likeness (QED) is 0.237. The van der Waals surface area contributed by atoms with Crippen LogP contribution in [0.2, 0.25) is 18.6 Å². The molecule has 48 heavy (non-hydrogen) atoms. The van der Waals surface area contributed by atoms with Gasteiger partial charge in [-0.3, -0.25) is 19.3 Å². The maximum Gasteiger partial charge on any atom is 0.268 e. The minimum atomic E-state index is -3.55. The SMILES string of the molecule is C[C@H]1[C@H]([Si](C)(C)F)[C@@H](CC(=O)N2Cc3ccccc3C[C@H]2CO)O[C@]12C(=O)N(c1ccccc1)c1ccc(NC(=O)[C@H]3CCCN3)cc12. The van der Waals surface area contributed by atoms with Gasteiger partial charge in [0.2, 0.25) is 20.2 Å². The van der Waals surface area contributed by atoms with Crippen molar-refractivity contribution in [2.75, 3.05) is 23.4 Å². The molecule has 0 radical (unpaired) electrons. The molecule has 6 atom stereocenters. The van der Waals surface area contributed by atoms with E-state index >= 15 is 4.11 Å². The Hall–Kier alpha value is -3.90. The fourth-order valence-electron chi connectivity index (χ4n) is 8.55. The third kappa shape index (κ3) is 5.46. The van der Waals surface area contributed by atoms with E-state index in [0.717, 1.165) is 30.5 Å². The number of benzene rings is 3. The molecule has 3 N–H and O–H groups in total. The Morgan fingerprint density at radius 2 is 1.81 bits per heavy atom. The molecule has 0 unspecified atom stereocenters. The molecule has 2 saturated heterocycles. The molecule has 0 saturated carbocycles. The molecule has 0 aromatic heterocycles. The topological polar surface area (TPSA) is 111 Å². The maximum atomic E-state index is 16.5. The average molecular weight is 671 g/mol.